The predicted octanol–water partition coefficient (Wildman–Crippen LogP) is 1.69. The van der Waals surface area contributed by atoms with Crippen molar-refractivity contribution in [3.05, 3.63) is 42.1 Å². The van der Waals surface area contributed by atoms with E-state index in [4.69, 9.17) is 4.42 Å². The van der Waals surface area contributed by atoms with E-state index in [0.717, 1.165) is 31.8 Å². The molecule has 3 heterocycles. The van der Waals surface area contributed by atoms with E-state index >= 15 is 0 Å². The molecule has 3 rings (SSSR count). The van der Waals surface area contributed by atoms with Crippen molar-refractivity contribution in [3.63, 3.8) is 0 Å². The zero-order valence-corrected chi connectivity index (χ0v) is 13.6. The minimum atomic E-state index is -0.0612. The van der Waals surface area contributed by atoms with Crippen LogP contribution in [0.2, 0.25) is 0 Å². The standard InChI is InChI=1S/C16H23N5O2/c1-19(2)16(22)17-7-5-13-10-20(12-15-4-3-9-23-15)11-14-6-8-18-21(13)14/h3-4,6,8-9,13H,5,7,10-12H2,1-2H3,(H,17,22)/t13-/m0/s1. The molecule has 124 valence electrons. The first-order valence-corrected chi connectivity index (χ1v) is 7.86. The molecule has 1 N–H and O–H groups in total. The monoisotopic (exact) mass is 317 g/mol. The molecule has 7 heteroatoms. The highest BCUT2D eigenvalue weighted by Gasteiger charge is 2.25. The first-order chi connectivity index (χ1) is 11.1. The van der Waals surface area contributed by atoms with Crippen LogP contribution in [-0.2, 0) is 13.1 Å². The van der Waals surface area contributed by atoms with Gasteiger partial charge >= 0.3 is 6.03 Å². The third kappa shape index (κ3) is 3.73. The number of furan rings is 1. The molecule has 0 bridgehead atoms. The van der Waals surface area contributed by atoms with E-state index < -0.39 is 0 Å². The summed E-state index contributed by atoms with van der Waals surface area (Å²) < 4.78 is 7.54. The van der Waals surface area contributed by atoms with Gasteiger partial charge in [-0.15, -0.1) is 0 Å². The quantitative estimate of drug-likeness (QED) is 0.911. The van der Waals surface area contributed by atoms with E-state index in [1.54, 1.807) is 25.3 Å². The molecule has 0 fully saturated rings. The van der Waals surface area contributed by atoms with Gasteiger partial charge < -0.3 is 14.6 Å². The Morgan fingerprint density at radius 1 is 1.48 bits per heavy atom. The molecular weight excluding hydrogens is 294 g/mol. The molecule has 2 amide bonds. The first-order valence-electron chi connectivity index (χ1n) is 7.86. The summed E-state index contributed by atoms with van der Waals surface area (Å²) in [5.41, 5.74) is 1.20. The Balaban J connectivity index is 1.61. The lowest BCUT2D eigenvalue weighted by Crippen LogP contribution is -2.40. The summed E-state index contributed by atoms with van der Waals surface area (Å²) in [6.07, 6.45) is 4.40. The number of carbonyl (C=O) groups excluding carboxylic acids is 1. The SMILES string of the molecule is CN(C)C(=O)NCC[C@H]1CN(Cc2ccco2)Cc2ccnn21. The number of hydrogen-bond donors (Lipinski definition) is 1. The van der Waals surface area contributed by atoms with Crippen molar-refractivity contribution in [1.29, 1.82) is 0 Å². The number of nitrogens with one attached hydrogen (secondary N) is 1. The van der Waals surface area contributed by atoms with Crippen molar-refractivity contribution in [2.24, 2.45) is 0 Å². The molecule has 0 unspecified atom stereocenters. The normalized spacial score (nSPS) is 17.7. The minimum absolute atomic E-state index is 0.0612. The van der Waals surface area contributed by atoms with Gasteiger partial charge in [-0.25, -0.2) is 4.79 Å². The second-order valence-electron chi connectivity index (χ2n) is 6.08. The highest BCUT2D eigenvalue weighted by molar-refractivity contribution is 5.73. The number of aromatic nitrogens is 2. The fourth-order valence-corrected chi connectivity index (χ4v) is 2.93. The van der Waals surface area contributed by atoms with Gasteiger partial charge in [-0.2, -0.15) is 5.10 Å². The van der Waals surface area contributed by atoms with Crippen molar-refractivity contribution >= 4 is 6.03 Å². The number of hydrogen-bond acceptors (Lipinski definition) is 4. The predicted molar refractivity (Wildman–Crippen MR) is 85.8 cm³/mol. The van der Waals surface area contributed by atoms with Gasteiger partial charge in [0.15, 0.2) is 0 Å². The second-order valence-corrected chi connectivity index (χ2v) is 6.08. The van der Waals surface area contributed by atoms with Crippen LogP contribution in [0.25, 0.3) is 0 Å². The maximum atomic E-state index is 11.6. The lowest BCUT2D eigenvalue weighted by atomic mass is 10.1. The van der Waals surface area contributed by atoms with Crippen LogP contribution in [0.4, 0.5) is 4.79 Å². The number of rotatable bonds is 5. The summed E-state index contributed by atoms with van der Waals surface area (Å²) in [4.78, 5) is 15.5. The summed E-state index contributed by atoms with van der Waals surface area (Å²) >= 11 is 0. The van der Waals surface area contributed by atoms with E-state index in [0.29, 0.717) is 6.54 Å². The lowest BCUT2D eigenvalue weighted by Gasteiger charge is -2.33. The molecule has 1 atom stereocenters. The Labute approximate surface area is 135 Å². The van der Waals surface area contributed by atoms with Gasteiger partial charge in [-0.3, -0.25) is 9.58 Å². The largest absolute Gasteiger partial charge is 0.468 e. The fourth-order valence-electron chi connectivity index (χ4n) is 2.93. The van der Waals surface area contributed by atoms with Gasteiger partial charge in [-0.05, 0) is 24.6 Å². The van der Waals surface area contributed by atoms with Crippen molar-refractivity contribution in [2.75, 3.05) is 27.2 Å². The average Bonchev–Trinajstić information content (AvgIpc) is 3.18. The van der Waals surface area contributed by atoms with Crippen LogP contribution >= 0.6 is 0 Å². The molecule has 1 aliphatic heterocycles. The Morgan fingerprint density at radius 3 is 3.09 bits per heavy atom. The van der Waals surface area contributed by atoms with Gasteiger partial charge in [-0.1, -0.05) is 0 Å². The molecule has 0 saturated carbocycles. The molecule has 0 spiro atoms. The third-order valence-electron chi connectivity index (χ3n) is 4.07. The highest BCUT2D eigenvalue weighted by Crippen LogP contribution is 2.24. The molecule has 7 nitrogen and oxygen atoms in total. The van der Waals surface area contributed by atoms with Crippen LogP contribution in [0.1, 0.15) is 23.9 Å². The Hall–Kier alpha value is -2.28. The van der Waals surface area contributed by atoms with E-state index in [1.165, 1.54) is 5.69 Å². The molecule has 0 radical (unpaired) electrons. The highest BCUT2D eigenvalue weighted by atomic mass is 16.3. The second kappa shape index (κ2) is 6.87. The maximum absolute atomic E-state index is 11.6. The zero-order valence-electron chi connectivity index (χ0n) is 13.6. The van der Waals surface area contributed by atoms with Crippen LogP contribution in [0.5, 0.6) is 0 Å². The van der Waals surface area contributed by atoms with E-state index in [2.05, 4.69) is 26.1 Å². The molecule has 0 aromatic carbocycles. The summed E-state index contributed by atoms with van der Waals surface area (Å²) in [6.45, 7) is 3.18. The third-order valence-corrected chi connectivity index (χ3v) is 4.07. The lowest BCUT2D eigenvalue weighted by molar-refractivity contribution is 0.151. The van der Waals surface area contributed by atoms with Crippen molar-refractivity contribution in [3.8, 4) is 0 Å². The van der Waals surface area contributed by atoms with Crippen LogP contribution in [0.15, 0.2) is 35.1 Å². The van der Waals surface area contributed by atoms with Crippen LogP contribution in [0, 0.1) is 0 Å². The number of urea groups is 1. The number of amides is 2. The fraction of sp³-hybridized carbons (Fsp3) is 0.500. The van der Waals surface area contributed by atoms with Gasteiger partial charge in [0.05, 0.1) is 24.5 Å². The van der Waals surface area contributed by atoms with Gasteiger partial charge in [0.25, 0.3) is 0 Å². The number of carbonyl (C=O) groups is 1. The topological polar surface area (TPSA) is 66.5 Å². The first kappa shape index (κ1) is 15.6. The molecule has 0 aliphatic carbocycles. The zero-order chi connectivity index (χ0) is 16.2. The van der Waals surface area contributed by atoms with Gasteiger partial charge in [0.2, 0.25) is 0 Å². The summed E-state index contributed by atoms with van der Waals surface area (Å²) in [7, 11) is 3.49. The average molecular weight is 317 g/mol. The van der Waals surface area contributed by atoms with E-state index in [9.17, 15) is 4.79 Å². The number of nitrogens with zero attached hydrogens (tertiary/aromatic N) is 4. The van der Waals surface area contributed by atoms with Crippen LogP contribution in [0.3, 0.4) is 0 Å². The Morgan fingerprint density at radius 2 is 2.35 bits per heavy atom. The van der Waals surface area contributed by atoms with Crippen molar-refractivity contribution in [1.82, 2.24) is 24.9 Å². The molecule has 2 aromatic rings. The number of fused-ring (bicyclic) bond motifs is 1. The van der Waals surface area contributed by atoms with Crippen LogP contribution in [-0.4, -0.2) is 52.8 Å². The molecule has 1 aliphatic rings. The molecule has 0 saturated heterocycles. The Kier molecular flexibility index (Phi) is 4.66. The van der Waals surface area contributed by atoms with Crippen LogP contribution < -0.4 is 5.32 Å². The minimum Gasteiger partial charge on any atom is -0.468 e. The molecule has 2 aromatic heterocycles. The molecular formula is C16H23N5O2. The van der Waals surface area contributed by atoms with E-state index in [-0.39, 0.29) is 12.1 Å². The van der Waals surface area contributed by atoms with Gasteiger partial charge in [0.1, 0.15) is 5.76 Å². The molecule has 23 heavy (non-hydrogen) atoms. The smallest absolute Gasteiger partial charge is 0.316 e. The summed E-state index contributed by atoms with van der Waals surface area (Å²) in [5.74, 6) is 0.970. The van der Waals surface area contributed by atoms with Crippen molar-refractivity contribution < 1.29 is 9.21 Å². The summed E-state index contributed by atoms with van der Waals surface area (Å²) in [5, 5.41) is 7.37. The Bertz CT molecular complexity index is 635. The maximum Gasteiger partial charge on any atom is 0.316 e. The van der Waals surface area contributed by atoms with E-state index in [1.807, 2.05) is 18.3 Å². The van der Waals surface area contributed by atoms with Gasteiger partial charge in [0, 0.05) is 39.9 Å². The van der Waals surface area contributed by atoms with Crippen molar-refractivity contribution in [2.45, 2.75) is 25.6 Å². The summed E-state index contributed by atoms with van der Waals surface area (Å²) in [6, 6.07) is 6.16.